The Labute approximate surface area is 127 Å². The minimum absolute atomic E-state index is 0.192. The maximum absolute atomic E-state index is 11.1. The Morgan fingerprint density at radius 2 is 2.15 bits per heavy atom. The van der Waals surface area contributed by atoms with E-state index in [1.165, 1.54) is 6.42 Å². The number of nitro benzene ring substituents is 1. The molecule has 0 spiro atoms. The molecule has 0 unspecified atom stereocenters. The molecule has 4 nitrogen and oxygen atoms in total. The van der Waals surface area contributed by atoms with E-state index in [2.05, 4.69) is 27.4 Å². The van der Waals surface area contributed by atoms with E-state index >= 15 is 0 Å². The number of rotatable bonds is 5. The van der Waals surface area contributed by atoms with E-state index in [1.807, 2.05) is 12.1 Å². The Bertz CT molecular complexity index is 497. The zero-order chi connectivity index (χ0) is 14.5. The zero-order valence-electron chi connectivity index (χ0n) is 11.4. The smallest absolute Gasteiger partial charge is 0.292 e. The van der Waals surface area contributed by atoms with E-state index in [4.69, 9.17) is 0 Å². The minimum Gasteiger partial charge on any atom is -0.366 e. The second-order valence-electron chi connectivity index (χ2n) is 5.19. The van der Waals surface area contributed by atoms with Gasteiger partial charge in [-0.1, -0.05) is 22.0 Å². The first-order valence-electron chi connectivity index (χ1n) is 6.91. The Balaban J connectivity index is 2.08. The van der Waals surface area contributed by atoms with Crippen LogP contribution in [0.15, 0.2) is 35.3 Å². The Hall–Kier alpha value is -1.36. The molecule has 0 saturated carbocycles. The summed E-state index contributed by atoms with van der Waals surface area (Å²) in [5.74, 6) is 0.718. The van der Waals surface area contributed by atoms with Crippen LogP contribution in [0.3, 0.4) is 0 Å². The highest BCUT2D eigenvalue weighted by molar-refractivity contribution is 9.10. The predicted octanol–water partition coefficient (Wildman–Crippen LogP) is 4.54. The molecule has 1 aliphatic heterocycles. The fourth-order valence-corrected chi connectivity index (χ4v) is 3.07. The second kappa shape index (κ2) is 6.88. The van der Waals surface area contributed by atoms with Crippen LogP contribution in [0.1, 0.15) is 25.7 Å². The maximum Gasteiger partial charge on any atom is 0.292 e. The molecule has 0 N–H and O–H groups in total. The standard InChI is InChI=1S/C15H19BrN2O2/c1-2-3-4-12-7-9-17(10-8-12)15-11-13(16)5-6-14(15)18(19)20/h2,5-6,11-12H,1,3-4,7-10H2. The van der Waals surface area contributed by atoms with E-state index in [0.29, 0.717) is 0 Å². The first-order chi connectivity index (χ1) is 9.61. The van der Waals surface area contributed by atoms with Crippen molar-refractivity contribution in [2.45, 2.75) is 25.7 Å². The number of benzene rings is 1. The molecule has 1 heterocycles. The fraction of sp³-hybridized carbons (Fsp3) is 0.467. The highest BCUT2D eigenvalue weighted by Crippen LogP contribution is 2.34. The molecule has 1 fully saturated rings. The summed E-state index contributed by atoms with van der Waals surface area (Å²) in [4.78, 5) is 13.0. The van der Waals surface area contributed by atoms with Crippen LogP contribution in [0.4, 0.5) is 11.4 Å². The summed E-state index contributed by atoms with van der Waals surface area (Å²) in [5.41, 5.74) is 0.921. The van der Waals surface area contributed by atoms with E-state index in [-0.39, 0.29) is 10.6 Å². The van der Waals surface area contributed by atoms with Crippen LogP contribution in [-0.4, -0.2) is 18.0 Å². The molecule has 0 bridgehead atoms. The molecule has 2 rings (SSSR count). The molecular weight excluding hydrogens is 320 g/mol. The van der Waals surface area contributed by atoms with E-state index in [9.17, 15) is 10.1 Å². The number of allylic oxidation sites excluding steroid dienone is 1. The molecule has 0 radical (unpaired) electrons. The van der Waals surface area contributed by atoms with Crippen LogP contribution in [-0.2, 0) is 0 Å². The van der Waals surface area contributed by atoms with Crippen molar-refractivity contribution in [3.8, 4) is 0 Å². The monoisotopic (exact) mass is 338 g/mol. The Morgan fingerprint density at radius 3 is 2.75 bits per heavy atom. The summed E-state index contributed by atoms with van der Waals surface area (Å²) in [5, 5.41) is 11.1. The lowest BCUT2D eigenvalue weighted by atomic mass is 9.92. The lowest BCUT2D eigenvalue weighted by Crippen LogP contribution is -2.34. The first kappa shape index (κ1) is 15.0. The van der Waals surface area contributed by atoms with Gasteiger partial charge >= 0.3 is 0 Å². The molecule has 0 atom stereocenters. The van der Waals surface area contributed by atoms with Gasteiger partial charge in [0, 0.05) is 23.6 Å². The number of hydrogen-bond acceptors (Lipinski definition) is 3. The third-order valence-electron chi connectivity index (χ3n) is 3.87. The molecule has 0 amide bonds. The summed E-state index contributed by atoms with van der Waals surface area (Å²) in [6, 6.07) is 5.14. The van der Waals surface area contributed by atoms with Crippen LogP contribution in [0.25, 0.3) is 0 Å². The summed E-state index contributed by atoms with van der Waals surface area (Å²) < 4.78 is 0.881. The van der Waals surface area contributed by atoms with Crippen LogP contribution in [0.2, 0.25) is 0 Å². The van der Waals surface area contributed by atoms with Crippen LogP contribution < -0.4 is 4.90 Å². The SMILES string of the molecule is C=CCCC1CCN(c2cc(Br)ccc2[N+](=O)[O-])CC1. The topological polar surface area (TPSA) is 46.4 Å². The fourth-order valence-electron chi connectivity index (χ4n) is 2.72. The number of piperidine rings is 1. The molecule has 5 heteroatoms. The second-order valence-corrected chi connectivity index (χ2v) is 6.10. The van der Waals surface area contributed by atoms with Gasteiger partial charge in [0.05, 0.1) is 4.92 Å². The van der Waals surface area contributed by atoms with Gasteiger partial charge in [-0.2, -0.15) is 0 Å². The van der Waals surface area contributed by atoms with Crippen molar-refractivity contribution in [2.24, 2.45) is 5.92 Å². The summed E-state index contributed by atoms with van der Waals surface area (Å²) in [6.07, 6.45) is 6.39. The van der Waals surface area contributed by atoms with Crippen molar-refractivity contribution in [1.82, 2.24) is 0 Å². The van der Waals surface area contributed by atoms with Crippen LogP contribution in [0, 0.1) is 16.0 Å². The van der Waals surface area contributed by atoms with Gasteiger partial charge in [-0.25, -0.2) is 0 Å². The summed E-state index contributed by atoms with van der Waals surface area (Å²) >= 11 is 3.40. The molecule has 1 saturated heterocycles. The largest absolute Gasteiger partial charge is 0.366 e. The van der Waals surface area contributed by atoms with E-state index in [0.717, 1.165) is 48.4 Å². The van der Waals surface area contributed by atoms with Gasteiger partial charge in [0.15, 0.2) is 0 Å². The number of halogens is 1. The maximum atomic E-state index is 11.1. The lowest BCUT2D eigenvalue weighted by Gasteiger charge is -2.33. The average molecular weight is 339 g/mol. The molecule has 0 aromatic heterocycles. The molecule has 108 valence electrons. The minimum atomic E-state index is -0.300. The van der Waals surface area contributed by atoms with Gasteiger partial charge in [0.2, 0.25) is 0 Å². The summed E-state index contributed by atoms with van der Waals surface area (Å²) in [6.45, 7) is 5.53. The number of nitro groups is 1. The van der Waals surface area contributed by atoms with Crippen molar-refractivity contribution >= 4 is 27.3 Å². The third-order valence-corrected chi connectivity index (χ3v) is 4.36. The number of nitrogens with zero attached hydrogens (tertiary/aromatic N) is 2. The quantitative estimate of drug-likeness (QED) is 0.449. The number of anilines is 1. The lowest BCUT2D eigenvalue weighted by molar-refractivity contribution is -0.384. The highest BCUT2D eigenvalue weighted by atomic mass is 79.9. The van der Waals surface area contributed by atoms with Gasteiger partial charge in [-0.3, -0.25) is 10.1 Å². The molecule has 1 aromatic carbocycles. The van der Waals surface area contributed by atoms with Crippen molar-refractivity contribution in [3.05, 3.63) is 45.4 Å². The van der Waals surface area contributed by atoms with Gasteiger partial charge in [0.25, 0.3) is 5.69 Å². The Morgan fingerprint density at radius 1 is 1.45 bits per heavy atom. The molecule has 0 aliphatic carbocycles. The van der Waals surface area contributed by atoms with Gasteiger partial charge in [-0.15, -0.1) is 6.58 Å². The first-order valence-corrected chi connectivity index (χ1v) is 7.71. The molecular formula is C15H19BrN2O2. The van der Waals surface area contributed by atoms with Gasteiger partial charge < -0.3 is 4.90 Å². The van der Waals surface area contributed by atoms with Crippen LogP contribution in [0.5, 0.6) is 0 Å². The normalized spacial score (nSPS) is 16.1. The predicted molar refractivity (Wildman–Crippen MR) is 85.2 cm³/mol. The average Bonchev–Trinajstić information content (AvgIpc) is 2.45. The Kier molecular flexibility index (Phi) is 5.17. The molecule has 1 aromatic rings. The van der Waals surface area contributed by atoms with Crippen molar-refractivity contribution in [2.75, 3.05) is 18.0 Å². The molecule has 1 aliphatic rings. The van der Waals surface area contributed by atoms with E-state index < -0.39 is 0 Å². The van der Waals surface area contributed by atoms with Crippen molar-refractivity contribution in [1.29, 1.82) is 0 Å². The van der Waals surface area contributed by atoms with Gasteiger partial charge in [0.1, 0.15) is 5.69 Å². The summed E-state index contributed by atoms with van der Waals surface area (Å²) in [7, 11) is 0. The highest BCUT2D eigenvalue weighted by Gasteiger charge is 2.24. The zero-order valence-corrected chi connectivity index (χ0v) is 13.0. The molecule has 20 heavy (non-hydrogen) atoms. The van der Waals surface area contributed by atoms with E-state index in [1.54, 1.807) is 12.1 Å². The van der Waals surface area contributed by atoms with Crippen molar-refractivity contribution < 1.29 is 4.92 Å². The van der Waals surface area contributed by atoms with Gasteiger partial charge in [-0.05, 0) is 43.7 Å². The third kappa shape index (κ3) is 3.60. The van der Waals surface area contributed by atoms with Crippen molar-refractivity contribution in [3.63, 3.8) is 0 Å². The van der Waals surface area contributed by atoms with Crippen LogP contribution >= 0.6 is 15.9 Å². The number of hydrogen-bond donors (Lipinski definition) is 0.